The molecule has 1 aliphatic carbocycles. The molecule has 0 aromatic carbocycles. The van der Waals surface area contributed by atoms with Gasteiger partial charge in [0, 0.05) is 13.0 Å². The number of pyridine rings is 1. The third-order valence-corrected chi connectivity index (χ3v) is 5.55. The van der Waals surface area contributed by atoms with E-state index in [4.69, 9.17) is 14.2 Å². The van der Waals surface area contributed by atoms with Crippen LogP contribution >= 0.6 is 11.3 Å². The Bertz CT molecular complexity index is 859. The maximum atomic E-state index is 14.4. The van der Waals surface area contributed by atoms with Crippen LogP contribution in [0.25, 0.3) is 10.2 Å². The fourth-order valence-corrected chi connectivity index (χ4v) is 4.13. The van der Waals surface area contributed by atoms with Gasteiger partial charge in [-0.05, 0) is 32.6 Å². The van der Waals surface area contributed by atoms with E-state index in [1.807, 2.05) is 6.92 Å². The number of rotatable bonds is 9. The zero-order chi connectivity index (χ0) is 21.7. The first kappa shape index (κ1) is 22.5. The summed E-state index contributed by atoms with van der Waals surface area (Å²) in [5.74, 6) is -1.37. The molecule has 0 aliphatic heterocycles. The molecule has 1 atom stereocenters. The fraction of sp³-hybridized carbons (Fsp3) is 0.632. The number of halogens is 3. The molecule has 1 aliphatic rings. The van der Waals surface area contributed by atoms with Gasteiger partial charge >= 0.3 is 0 Å². The average Bonchev–Trinajstić information content (AvgIpc) is 3.10. The molecule has 11 heteroatoms. The second kappa shape index (κ2) is 10.3. The fourth-order valence-electron chi connectivity index (χ4n) is 3.25. The number of hydrogen-bond donors (Lipinski definition) is 1. The first-order valence-corrected chi connectivity index (χ1v) is 10.5. The molecular formula is C19H24F3N3O4S. The Morgan fingerprint density at radius 1 is 1.27 bits per heavy atom. The SMILES string of the molecule is CC(=O)N[C@@H](C)CO[C@H]1CC[C@H](Oc2nc3cnc(OCC(F)F)c(F)c3s2)CC1. The van der Waals surface area contributed by atoms with Gasteiger partial charge in [-0.2, -0.15) is 4.39 Å². The van der Waals surface area contributed by atoms with Crippen LogP contribution in [0, 0.1) is 5.82 Å². The van der Waals surface area contributed by atoms with Crippen molar-refractivity contribution < 1.29 is 32.2 Å². The number of aromatic nitrogens is 2. The Morgan fingerprint density at radius 2 is 1.97 bits per heavy atom. The third kappa shape index (κ3) is 6.18. The maximum absolute atomic E-state index is 14.4. The molecule has 3 rings (SSSR count). The highest BCUT2D eigenvalue weighted by Crippen LogP contribution is 2.35. The van der Waals surface area contributed by atoms with Crippen molar-refractivity contribution in [1.82, 2.24) is 15.3 Å². The van der Waals surface area contributed by atoms with E-state index in [0.29, 0.717) is 17.3 Å². The molecular weight excluding hydrogens is 423 g/mol. The molecule has 1 amide bonds. The van der Waals surface area contributed by atoms with Crippen LogP contribution in [0.2, 0.25) is 0 Å². The molecule has 0 spiro atoms. The standard InChI is InChI=1S/C19H24F3N3O4S/c1-10(24-11(2)26)8-27-12-3-5-13(6-4-12)29-19-25-14-7-23-18(28-9-15(20)21)16(22)17(14)30-19/h7,10,12-13,15H,3-6,8-9H2,1-2H3,(H,24,26)/t10-,12-,13-/m0/s1. The minimum atomic E-state index is -2.71. The summed E-state index contributed by atoms with van der Waals surface area (Å²) in [7, 11) is 0. The molecule has 2 aromatic heterocycles. The molecule has 2 heterocycles. The molecule has 2 aromatic rings. The highest BCUT2D eigenvalue weighted by atomic mass is 32.1. The van der Waals surface area contributed by atoms with E-state index in [2.05, 4.69) is 15.3 Å². The zero-order valence-electron chi connectivity index (χ0n) is 16.7. The van der Waals surface area contributed by atoms with Crippen molar-refractivity contribution in [2.45, 2.75) is 64.2 Å². The van der Waals surface area contributed by atoms with Crippen LogP contribution in [0.3, 0.4) is 0 Å². The lowest BCUT2D eigenvalue weighted by Crippen LogP contribution is -2.36. The van der Waals surface area contributed by atoms with Crippen molar-refractivity contribution in [2.24, 2.45) is 0 Å². The quantitative estimate of drug-likeness (QED) is 0.631. The normalized spacial score (nSPS) is 20.3. The number of carbonyl (C=O) groups is 1. The summed E-state index contributed by atoms with van der Waals surface area (Å²) in [6.07, 6.45) is 1.75. The predicted molar refractivity (Wildman–Crippen MR) is 105 cm³/mol. The number of alkyl halides is 2. The van der Waals surface area contributed by atoms with Gasteiger partial charge in [-0.3, -0.25) is 4.79 Å². The van der Waals surface area contributed by atoms with Gasteiger partial charge in [0.1, 0.15) is 16.3 Å². The summed E-state index contributed by atoms with van der Waals surface area (Å²) >= 11 is 0.999. The van der Waals surface area contributed by atoms with E-state index in [9.17, 15) is 18.0 Å². The second-order valence-corrected chi connectivity index (χ2v) is 8.19. The zero-order valence-corrected chi connectivity index (χ0v) is 17.5. The summed E-state index contributed by atoms with van der Waals surface area (Å²) in [4.78, 5) is 19.0. The lowest BCUT2D eigenvalue weighted by Gasteiger charge is -2.29. The lowest BCUT2D eigenvalue weighted by atomic mass is 9.95. The van der Waals surface area contributed by atoms with Crippen LogP contribution in [0.5, 0.6) is 11.1 Å². The second-order valence-electron chi connectivity index (χ2n) is 7.23. The lowest BCUT2D eigenvalue weighted by molar-refractivity contribution is -0.120. The Hall–Kier alpha value is -2.14. The van der Waals surface area contributed by atoms with Gasteiger partial charge in [0.15, 0.2) is 6.61 Å². The number of fused-ring (bicyclic) bond motifs is 1. The van der Waals surface area contributed by atoms with Crippen molar-refractivity contribution >= 4 is 27.5 Å². The van der Waals surface area contributed by atoms with Gasteiger partial charge in [0.05, 0.1) is 18.9 Å². The molecule has 0 saturated heterocycles. The Morgan fingerprint density at radius 3 is 2.63 bits per heavy atom. The molecule has 1 saturated carbocycles. The van der Waals surface area contributed by atoms with Crippen molar-refractivity contribution in [2.75, 3.05) is 13.2 Å². The van der Waals surface area contributed by atoms with Gasteiger partial charge in [-0.15, -0.1) is 0 Å². The molecule has 0 bridgehead atoms. The number of amides is 1. The molecule has 0 unspecified atom stereocenters. The topological polar surface area (TPSA) is 82.6 Å². The van der Waals surface area contributed by atoms with Gasteiger partial charge in [-0.25, -0.2) is 18.7 Å². The van der Waals surface area contributed by atoms with Crippen LogP contribution in [0.4, 0.5) is 13.2 Å². The van der Waals surface area contributed by atoms with E-state index in [-0.39, 0.29) is 28.9 Å². The minimum Gasteiger partial charge on any atom is -0.469 e. The van der Waals surface area contributed by atoms with Crippen LogP contribution in [0.15, 0.2) is 6.20 Å². The predicted octanol–water partition coefficient (Wildman–Crippen LogP) is 3.71. The van der Waals surface area contributed by atoms with Crippen LogP contribution in [-0.2, 0) is 9.53 Å². The molecule has 30 heavy (non-hydrogen) atoms. The van der Waals surface area contributed by atoms with Gasteiger partial charge < -0.3 is 19.5 Å². The summed E-state index contributed by atoms with van der Waals surface area (Å²) in [5.41, 5.74) is 0.292. The monoisotopic (exact) mass is 447 g/mol. The molecule has 1 fully saturated rings. The summed E-state index contributed by atoms with van der Waals surface area (Å²) in [5, 5.41) is 3.09. The van der Waals surface area contributed by atoms with E-state index < -0.39 is 24.7 Å². The summed E-state index contributed by atoms with van der Waals surface area (Å²) < 4.78 is 55.6. The number of nitrogens with zero attached hydrogens (tertiary/aromatic N) is 2. The van der Waals surface area contributed by atoms with Gasteiger partial charge in [0.2, 0.25) is 11.7 Å². The van der Waals surface area contributed by atoms with Crippen LogP contribution in [0.1, 0.15) is 39.5 Å². The maximum Gasteiger partial charge on any atom is 0.274 e. The highest BCUT2D eigenvalue weighted by Gasteiger charge is 2.25. The van der Waals surface area contributed by atoms with E-state index >= 15 is 0 Å². The Balaban J connectivity index is 1.51. The van der Waals surface area contributed by atoms with E-state index in [1.165, 1.54) is 13.1 Å². The van der Waals surface area contributed by atoms with Crippen molar-refractivity contribution in [1.29, 1.82) is 0 Å². The Labute approximate surface area is 175 Å². The average molecular weight is 447 g/mol. The number of carbonyl (C=O) groups excluding carboxylic acids is 1. The molecule has 1 N–H and O–H groups in total. The Kier molecular flexibility index (Phi) is 7.70. The summed E-state index contributed by atoms with van der Waals surface area (Å²) in [6, 6.07) is -0.0442. The minimum absolute atomic E-state index is 0.0442. The first-order valence-electron chi connectivity index (χ1n) is 9.73. The van der Waals surface area contributed by atoms with Gasteiger partial charge in [-0.1, -0.05) is 11.3 Å². The summed E-state index contributed by atoms with van der Waals surface area (Å²) in [6.45, 7) is 2.89. The third-order valence-electron chi connectivity index (χ3n) is 4.59. The number of ether oxygens (including phenoxy) is 3. The number of nitrogens with one attached hydrogen (secondary N) is 1. The highest BCUT2D eigenvalue weighted by molar-refractivity contribution is 7.20. The number of thiazole rings is 1. The van der Waals surface area contributed by atoms with Crippen LogP contribution < -0.4 is 14.8 Å². The smallest absolute Gasteiger partial charge is 0.274 e. The van der Waals surface area contributed by atoms with E-state index in [0.717, 1.165) is 37.0 Å². The largest absolute Gasteiger partial charge is 0.469 e. The van der Waals surface area contributed by atoms with Crippen molar-refractivity contribution in [3.63, 3.8) is 0 Å². The van der Waals surface area contributed by atoms with Crippen molar-refractivity contribution in [3.8, 4) is 11.1 Å². The number of hydrogen-bond acceptors (Lipinski definition) is 7. The van der Waals surface area contributed by atoms with Crippen molar-refractivity contribution in [3.05, 3.63) is 12.0 Å². The molecule has 7 nitrogen and oxygen atoms in total. The van der Waals surface area contributed by atoms with Crippen LogP contribution in [-0.4, -0.2) is 53.8 Å². The molecule has 0 radical (unpaired) electrons. The van der Waals surface area contributed by atoms with Gasteiger partial charge in [0.25, 0.3) is 17.5 Å². The molecule has 166 valence electrons. The first-order chi connectivity index (χ1) is 14.3. The van der Waals surface area contributed by atoms with E-state index in [1.54, 1.807) is 0 Å².